The van der Waals surface area contributed by atoms with Crippen LogP contribution in [0.15, 0.2) is 27.9 Å². The molecule has 0 radical (unpaired) electrons. The number of nitrogens with one attached hydrogen (secondary N) is 1. The Bertz CT molecular complexity index is 568. The number of unbranched alkanes of at least 4 members (excludes halogenated alkanes) is 1. The number of carbonyl (C=O) groups is 2. The van der Waals surface area contributed by atoms with E-state index in [1.54, 1.807) is 13.2 Å². The number of hydrogen-bond acceptors (Lipinski definition) is 5. The Labute approximate surface area is 142 Å². The van der Waals surface area contributed by atoms with Crippen LogP contribution in [0, 0.1) is 5.92 Å². The van der Waals surface area contributed by atoms with Crippen LogP contribution in [0.5, 0.6) is 0 Å². The first kappa shape index (κ1) is 18.2. The molecule has 1 aromatic heterocycles. The van der Waals surface area contributed by atoms with E-state index in [0.29, 0.717) is 38.4 Å². The number of rotatable bonds is 10. The number of furan rings is 1. The van der Waals surface area contributed by atoms with E-state index in [9.17, 15) is 9.59 Å². The quantitative estimate of drug-likeness (QED) is 0.523. The topological polar surface area (TPSA) is 84.1 Å². The molecule has 0 fully saturated rings. The van der Waals surface area contributed by atoms with Gasteiger partial charge in [-0.05, 0) is 31.9 Å². The van der Waals surface area contributed by atoms with Gasteiger partial charge in [0, 0.05) is 19.7 Å². The minimum Gasteiger partial charge on any atom is -0.467 e. The molecule has 0 saturated heterocycles. The van der Waals surface area contributed by atoms with E-state index in [0.717, 1.165) is 18.6 Å². The van der Waals surface area contributed by atoms with Gasteiger partial charge in [0.1, 0.15) is 12.4 Å². The Morgan fingerprint density at radius 1 is 1.46 bits per heavy atom. The molecule has 0 unspecified atom stereocenters. The van der Waals surface area contributed by atoms with Gasteiger partial charge in [0.15, 0.2) is 5.92 Å². The number of ether oxygens (including phenoxy) is 1. The summed E-state index contributed by atoms with van der Waals surface area (Å²) in [6.45, 7) is 5.73. The molecule has 0 aliphatic carbocycles. The number of hydrazone groups is 1. The van der Waals surface area contributed by atoms with Crippen molar-refractivity contribution < 1.29 is 18.7 Å². The molecule has 0 spiro atoms. The maximum atomic E-state index is 12.2. The molecule has 1 N–H and O–H groups in total. The Kier molecular flexibility index (Phi) is 6.99. The van der Waals surface area contributed by atoms with Crippen LogP contribution in [0.2, 0.25) is 0 Å². The van der Waals surface area contributed by atoms with E-state index in [1.165, 1.54) is 5.01 Å². The lowest BCUT2D eigenvalue weighted by atomic mass is 10.0. The normalized spacial score (nSPS) is 17.2. The van der Waals surface area contributed by atoms with E-state index >= 15 is 0 Å². The molecule has 1 aliphatic heterocycles. The Morgan fingerprint density at radius 3 is 3.00 bits per heavy atom. The fourth-order valence-corrected chi connectivity index (χ4v) is 2.45. The summed E-state index contributed by atoms with van der Waals surface area (Å²) in [6, 6.07) is 3.66. The van der Waals surface area contributed by atoms with Crippen molar-refractivity contribution in [3.63, 3.8) is 0 Å². The van der Waals surface area contributed by atoms with E-state index < -0.39 is 5.92 Å². The fraction of sp³-hybridized carbons (Fsp3) is 0.588. The van der Waals surface area contributed by atoms with Gasteiger partial charge in [-0.3, -0.25) is 9.59 Å². The second-order valence-electron chi connectivity index (χ2n) is 5.77. The SMILES string of the molecule is CCCCN1N=C(C)[C@@H](C(=O)NCCCOCc2ccco2)C1=O. The first-order chi connectivity index (χ1) is 11.6. The summed E-state index contributed by atoms with van der Waals surface area (Å²) >= 11 is 0. The summed E-state index contributed by atoms with van der Waals surface area (Å²) < 4.78 is 10.6. The van der Waals surface area contributed by atoms with Gasteiger partial charge >= 0.3 is 0 Å². The highest BCUT2D eigenvalue weighted by Crippen LogP contribution is 2.16. The summed E-state index contributed by atoms with van der Waals surface area (Å²) in [6.07, 6.45) is 4.13. The zero-order valence-corrected chi connectivity index (χ0v) is 14.3. The molecule has 2 rings (SSSR count). The molecule has 0 saturated carbocycles. The number of amides is 2. The first-order valence-electron chi connectivity index (χ1n) is 8.37. The van der Waals surface area contributed by atoms with Gasteiger partial charge in [0.2, 0.25) is 5.91 Å². The van der Waals surface area contributed by atoms with Crippen LogP contribution in [0.25, 0.3) is 0 Å². The zero-order chi connectivity index (χ0) is 17.4. The number of hydrogen-bond donors (Lipinski definition) is 1. The third kappa shape index (κ3) is 4.92. The molecule has 0 aromatic carbocycles. The van der Waals surface area contributed by atoms with Gasteiger partial charge in [-0.2, -0.15) is 5.10 Å². The van der Waals surface area contributed by atoms with Crippen LogP contribution in [0.1, 0.15) is 38.9 Å². The summed E-state index contributed by atoms with van der Waals surface area (Å²) in [7, 11) is 0. The third-order valence-corrected chi connectivity index (χ3v) is 3.77. The van der Waals surface area contributed by atoms with Gasteiger partial charge in [-0.15, -0.1) is 0 Å². The number of carbonyl (C=O) groups excluding carboxylic acids is 2. The number of nitrogens with zero attached hydrogens (tertiary/aromatic N) is 2. The minimum absolute atomic E-state index is 0.229. The molecule has 1 aliphatic rings. The van der Waals surface area contributed by atoms with Crippen LogP contribution >= 0.6 is 0 Å². The lowest BCUT2D eigenvalue weighted by molar-refractivity contribution is -0.137. The van der Waals surface area contributed by atoms with Crippen molar-refractivity contribution in [2.24, 2.45) is 11.0 Å². The van der Waals surface area contributed by atoms with Crippen LogP contribution in [0.3, 0.4) is 0 Å². The molecule has 1 aromatic rings. The fourth-order valence-electron chi connectivity index (χ4n) is 2.45. The summed E-state index contributed by atoms with van der Waals surface area (Å²) in [5.41, 5.74) is 0.558. The smallest absolute Gasteiger partial charge is 0.261 e. The van der Waals surface area contributed by atoms with Crippen LogP contribution in [-0.4, -0.2) is 42.2 Å². The predicted octanol–water partition coefficient (Wildman–Crippen LogP) is 1.94. The Morgan fingerprint density at radius 2 is 2.29 bits per heavy atom. The van der Waals surface area contributed by atoms with Crippen LogP contribution in [-0.2, 0) is 20.9 Å². The van der Waals surface area contributed by atoms with Crippen LogP contribution < -0.4 is 5.32 Å². The van der Waals surface area contributed by atoms with E-state index in [-0.39, 0.29) is 11.8 Å². The van der Waals surface area contributed by atoms with Crippen molar-refractivity contribution in [3.05, 3.63) is 24.2 Å². The van der Waals surface area contributed by atoms with E-state index in [2.05, 4.69) is 17.3 Å². The zero-order valence-electron chi connectivity index (χ0n) is 14.3. The Balaban J connectivity index is 1.65. The summed E-state index contributed by atoms with van der Waals surface area (Å²) in [4.78, 5) is 24.5. The highest BCUT2D eigenvalue weighted by molar-refractivity contribution is 6.21. The maximum Gasteiger partial charge on any atom is 0.261 e. The van der Waals surface area contributed by atoms with Gasteiger partial charge in [0.05, 0.1) is 12.0 Å². The summed E-state index contributed by atoms with van der Waals surface area (Å²) in [5, 5.41) is 8.40. The van der Waals surface area contributed by atoms with E-state index in [1.807, 2.05) is 12.1 Å². The van der Waals surface area contributed by atoms with Gasteiger partial charge < -0.3 is 14.5 Å². The lowest BCUT2D eigenvalue weighted by Gasteiger charge is -2.14. The molecule has 2 heterocycles. The van der Waals surface area contributed by atoms with Crippen molar-refractivity contribution in [1.82, 2.24) is 10.3 Å². The molecule has 2 amide bonds. The molecule has 7 nitrogen and oxygen atoms in total. The maximum absolute atomic E-state index is 12.2. The van der Waals surface area contributed by atoms with Crippen molar-refractivity contribution in [3.8, 4) is 0 Å². The van der Waals surface area contributed by atoms with Crippen molar-refractivity contribution in [2.75, 3.05) is 19.7 Å². The van der Waals surface area contributed by atoms with Crippen molar-refractivity contribution in [1.29, 1.82) is 0 Å². The molecule has 0 bridgehead atoms. The van der Waals surface area contributed by atoms with Crippen molar-refractivity contribution >= 4 is 17.5 Å². The van der Waals surface area contributed by atoms with Gasteiger partial charge in [0.25, 0.3) is 5.91 Å². The van der Waals surface area contributed by atoms with Crippen LogP contribution in [0.4, 0.5) is 0 Å². The average Bonchev–Trinajstić information content (AvgIpc) is 3.16. The van der Waals surface area contributed by atoms with E-state index in [4.69, 9.17) is 9.15 Å². The predicted molar refractivity (Wildman–Crippen MR) is 89.2 cm³/mol. The third-order valence-electron chi connectivity index (χ3n) is 3.77. The highest BCUT2D eigenvalue weighted by Gasteiger charge is 2.38. The molecule has 24 heavy (non-hydrogen) atoms. The second-order valence-corrected chi connectivity index (χ2v) is 5.77. The molecular formula is C17H25N3O4. The molecular weight excluding hydrogens is 310 g/mol. The molecule has 1 atom stereocenters. The summed E-state index contributed by atoms with van der Waals surface area (Å²) in [5.74, 6) is -0.528. The highest BCUT2D eigenvalue weighted by atomic mass is 16.5. The molecule has 7 heteroatoms. The lowest BCUT2D eigenvalue weighted by Crippen LogP contribution is -2.40. The van der Waals surface area contributed by atoms with Crippen molar-refractivity contribution in [2.45, 2.75) is 39.7 Å². The largest absolute Gasteiger partial charge is 0.467 e. The standard InChI is InChI=1S/C17H25N3O4/c1-3-4-9-20-17(22)15(13(2)19-20)16(21)18-8-6-10-23-12-14-7-5-11-24-14/h5,7,11,15H,3-4,6,8-10,12H2,1-2H3,(H,18,21)/t15-/m0/s1. The second kappa shape index (κ2) is 9.22. The monoisotopic (exact) mass is 335 g/mol. The Hall–Kier alpha value is -2.15. The minimum atomic E-state index is -0.786. The van der Waals surface area contributed by atoms with Gasteiger partial charge in [-0.1, -0.05) is 13.3 Å². The first-order valence-corrected chi connectivity index (χ1v) is 8.37. The van der Waals surface area contributed by atoms with Gasteiger partial charge in [-0.25, -0.2) is 5.01 Å². The average molecular weight is 335 g/mol. The molecule has 132 valence electrons.